The minimum Gasteiger partial charge on any atom is -0.480 e. The zero-order chi connectivity index (χ0) is 14.0. The Labute approximate surface area is 111 Å². The molecule has 0 aromatic heterocycles. The predicted molar refractivity (Wildman–Crippen MR) is 66.3 cm³/mol. The van der Waals surface area contributed by atoms with Crippen LogP contribution in [0.2, 0.25) is 0 Å². The Morgan fingerprint density at radius 2 is 1.79 bits per heavy atom. The smallest absolute Gasteiger partial charge is 0.326 e. The molecule has 2 rings (SSSR count). The number of carboxylic acids is 1. The van der Waals surface area contributed by atoms with Crippen molar-refractivity contribution in [3.05, 3.63) is 0 Å². The lowest BCUT2D eigenvalue weighted by Crippen LogP contribution is -2.52. The number of carboxylic acid groups (broad SMARTS) is 1. The van der Waals surface area contributed by atoms with Crippen LogP contribution in [0.4, 0.5) is 4.79 Å². The molecule has 0 radical (unpaired) electrons. The number of carbonyl (C=O) groups is 3. The summed E-state index contributed by atoms with van der Waals surface area (Å²) in [5, 5.41) is 9.08. The Hall–Kier alpha value is -1.79. The van der Waals surface area contributed by atoms with Crippen LogP contribution >= 0.6 is 0 Å². The Morgan fingerprint density at radius 3 is 2.42 bits per heavy atom. The molecule has 2 fully saturated rings. The molecule has 106 valence electrons. The van der Waals surface area contributed by atoms with Gasteiger partial charge in [0.2, 0.25) is 5.91 Å². The van der Waals surface area contributed by atoms with Gasteiger partial charge in [0, 0.05) is 19.6 Å². The van der Waals surface area contributed by atoms with Gasteiger partial charge in [0.25, 0.3) is 0 Å². The maximum atomic E-state index is 12.3. The fourth-order valence-corrected chi connectivity index (χ4v) is 2.82. The van der Waals surface area contributed by atoms with Crippen LogP contribution in [0.25, 0.3) is 0 Å². The molecule has 7 heteroatoms. The second-order valence-electron chi connectivity index (χ2n) is 5.16. The summed E-state index contributed by atoms with van der Waals surface area (Å²) >= 11 is 0. The monoisotopic (exact) mass is 269 g/mol. The third kappa shape index (κ3) is 2.80. The number of hydrogen-bond acceptors (Lipinski definition) is 3. The maximum absolute atomic E-state index is 12.3. The molecule has 2 heterocycles. The summed E-state index contributed by atoms with van der Waals surface area (Å²) < 4.78 is 0. The van der Waals surface area contributed by atoms with E-state index in [-0.39, 0.29) is 11.9 Å². The third-order valence-electron chi connectivity index (χ3n) is 3.88. The first kappa shape index (κ1) is 13.6. The SMILES string of the molecule is NC(=O)C1CCCN(C(=O)N2CCCC2C(=O)O)C1. The van der Waals surface area contributed by atoms with E-state index in [1.807, 2.05) is 0 Å². The zero-order valence-corrected chi connectivity index (χ0v) is 10.7. The lowest BCUT2D eigenvalue weighted by atomic mass is 9.98. The standard InChI is InChI=1S/C12H19N3O4/c13-10(16)8-3-1-5-14(7-8)12(19)15-6-2-4-9(15)11(17)18/h8-9H,1-7H2,(H2,13,16)(H,17,18). The highest BCUT2D eigenvalue weighted by Crippen LogP contribution is 2.23. The topological polar surface area (TPSA) is 104 Å². The van der Waals surface area contributed by atoms with Crippen molar-refractivity contribution in [2.75, 3.05) is 19.6 Å². The van der Waals surface area contributed by atoms with Gasteiger partial charge in [-0.2, -0.15) is 0 Å². The number of carbonyl (C=O) groups excluding carboxylic acids is 2. The molecule has 7 nitrogen and oxygen atoms in total. The number of nitrogens with two attached hydrogens (primary N) is 1. The number of likely N-dealkylation sites (tertiary alicyclic amines) is 2. The first-order valence-electron chi connectivity index (χ1n) is 6.58. The first-order valence-corrected chi connectivity index (χ1v) is 6.58. The molecular weight excluding hydrogens is 250 g/mol. The van der Waals surface area contributed by atoms with Gasteiger partial charge in [-0.25, -0.2) is 9.59 Å². The van der Waals surface area contributed by atoms with Gasteiger partial charge in [0.15, 0.2) is 0 Å². The van der Waals surface area contributed by atoms with Gasteiger partial charge in [-0.1, -0.05) is 0 Å². The molecule has 0 aliphatic carbocycles. The number of urea groups is 1. The van der Waals surface area contributed by atoms with E-state index in [9.17, 15) is 14.4 Å². The van der Waals surface area contributed by atoms with E-state index in [1.165, 1.54) is 4.90 Å². The van der Waals surface area contributed by atoms with E-state index >= 15 is 0 Å². The number of hydrogen-bond donors (Lipinski definition) is 2. The van der Waals surface area contributed by atoms with Crippen molar-refractivity contribution in [1.29, 1.82) is 0 Å². The Kier molecular flexibility index (Phi) is 3.92. The minimum atomic E-state index is -0.964. The van der Waals surface area contributed by atoms with Crippen molar-refractivity contribution in [3.63, 3.8) is 0 Å². The van der Waals surface area contributed by atoms with Crippen molar-refractivity contribution in [1.82, 2.24) is 9.80 Å². The molecule has 0 spiro atoms. The van der Waals surface area contributed by atoms with Gasteiger partial charge < -0.3 is 20.6 Å². The maximum Gasteiger partial charge on any atom is 0.326 e. The van der Waals surface area contributed by atoms with Crippen molar-refractivity contribution in [2.24, 2.45) is 11.7 Å². The summed E-state index contributed by atoms with van der Waals surface area (Å²) in [6, 6.07) is -1.02. The average Bonchev–Trinajstić information content (AvgIpc) is 2.87. The van der Waals surface area contributed by atoms with Crippen LogP contribution < -0.4 is 5.73 Å². The number of amides is 3. The van der Waals surface area contributed by atoms with Crippen LogP contribution in [0, 0.1) is 5.92 Å². The van der Waals surface area contributed by atoms with Gasteiger partial charge >= 0.3 is 12.0 Å². The normalized spacial score (nSPS) is 27.4. The summed E-state index contributed by atoms with van der Waals surface area (Å²) in [6.45, 7) is 1.33. The van der Waals surface area contributed by atoms with Crippen LogP contribution in [0.1, 0.15) is 25.7 Å². The minimum absolute atomic E-state index is 0.282. The van der Waals surface area contributed by atoms with Crippen LogP contribution in [0.15, 0.2) is 0 Å². The van der Waals surface area contributed by atoms with E-state index in [0.29, 0.717) is 38.9 Å². The highest BCUT2D eigenvalue weighted by molar-refractivity contribution is 5.84. The van der Waals surface area contributed by atoms with Crippen molar-refractivity contribution >= 4 is 17.9 Å². The Morgan fingerprint density at radius 1 is 1.11 bits per heavy atom. The summed E-state index contributed by atoms with van der Waals surface area (Å²) in [7, 11) is 0. The van der Waals surface area contributed by atoms with Crippen LogP contribution in [-0.2, 0) is 9.59 Å². The molecule has 3 N–H and O–H groups in total. The highest BCUT2D eigenvalue weighted by atomic mass is 16.4. The third-order valence-corrected chi connectivity index (χ3v) is 3.88. The molecular formula is C12H19N3O4. The highest BCUT2D eigenvalue weighted by Gasteiger charge is 2.37. The molecule has 0 aromatic rings. The van der Waals surface area contributed by atoms with E-state index < -0.39 is 17.9 Å². The summed E-state index contributed by atoms with van der Waals surface area (Å²) in [4.78, 5) is 37.5. The number of rotatable bonds is 2. The van der Waals surface area contributed by atoms with Gasteiger partial charge in [-0.3, -0.25) is 4.79 Å². The van der Waals surface area contributed by atoms with E-state index in [0.717, 1.165) is 6.42 Å². The first-order chi connectivity index (χ1) is 9.00. The zero-order valence-electron chi connectivity index (χ0n) is 10.7. The van der Waals surface area contributed by atoms with Gasteiger partial charge in [0.1, 0.15) is 6.04 Å². The molecule has 2 aliphatic rings. The second kappa shape index (κ2) is 5.46. The largest absolute Gasteiger partial charge is 0.480 e. The quantitative estimate of drug-likeness (QED) is 0.727. The molecule has 3 amide bonds. The van der Waals surface area contributed by atoms with Crippen molar-refractivity contribution < 1.29 is 19.5 Å². The van der Waals surface area contributed by atoms with Crippen LogP contribution in [0.5, 0.6) is 0 Å². The number of primary amides is 1. The van der Waals surface area contributed by atoms with E-state index in [1.54, 1.807) is 4.90 Å². The fourth-order valence-electron chi connectivity index (χ4n) is 2.82. The molecule has 2 saturated heterocycles. The molecule has 19 heavy (non-hydrogen) atoms. The fraction of sp³-hybridized carbons (Fsp3) is 0.750. The van der Waals surface area contributed by atoms with Gasteiger partial charge in [-0.15, -0.1) is 0 Å². The Balaban J connectivity index is 2.02. The number of aliphatic carboxylic acids is 1. The number of piperidine rings is 1. The molecule has 2 unspecified atom stereocenters. The second-order valence-corrected chi connectivity index (χ2v) is 5.16. The predicted octanol–water partition coefficient (Wildman–Crippen LogP) is -0.147. The molecule has 2 aliphatic heterocycles. The van der Waals surface area contributed by atoms with Crippen molar-refractivity contribution in [2.45, 2.75) is 31.7 Å². The summed E-state index contributed by atoms with van der Waals surface area (Å²) in [5.74, 6) is -1.67. The van der Waals surface area contributed by atoms with Crippen LogP contribution in [0.3, 0.4) is 0 Å². The van der Waals surface area contributed by atoms with E-state index in [2.05, 4.69) is 0 Å². The van der Waals surface area contributed by atoms with Gasteiger partial charge in [0.05, 0.1) is 5.92 Å². The Bertz CT molecular complexity index is 398. The molecule has 0 aromatic carbocycles. The van der Waals surface area contributed by atoms with Crippen molar-refractivity contribution in [3.8, 4) is 0 Å². The summed E-state index contributed by atoms with van der Waals surface area (Å²) in [5.41, 5.74) is 5.27. The lowest BCUT2D eigenvalue weighted by molar-refractivity contribution is -0.141. The summed E-state index contributed by atoms with van der Waals surface area (Å²) in [6.07, 6.45) is 2.62. The average molecular weight is 269 g/mol. The lowest BCUT2D eigenvalue weighted by Gasteiger charge is -2.35. The molecule has 0 saturated carbocycles. The molecule has 2 atom stereocenters. The molecule has 0 bridgehead atoms. The van der Waals surface area contributed by atoms with Crippen LogP contribution in [-0.4, -0.2) is 58.5 Å². The van der Waals surface area contributed by atoms with E-state index in [4.69, 9.17) is 10.8 Å². The number of nitrogens with zero attached hydrogens (tertiary/aromatic N) is 2. The van der Waals surface area contributed by atoms with Gasteiger partial charge in [-0.05, 0) is 25.7 Å².